The molecule has 3 rings (SSSR count). The number of carbonyl (C=O) groups excluding carboxylic acids is 1. The fourth-order valence-electron chi connectivity index (χ4n) is 2.56. The van der Waals surface area contributed by atoms with Crippen LogP contribution in [-0.4, -0.2) is 12.6 Å². The summed E-state index contributed by atoms with van der Waals surface area (Å²) in [6.07, 6.45) is 0. The molecule has 0 bridgehead atoms. The largest absolute Gasteiger partial charge is 0.335 e. The van der Waals surface area contributed by atoms with Crippen molar-refractivity contribution >= 4 is 11.7 Å². The van der Waals surface area contributed by atoms with Gasteiger partial charge in [0.1, 0.15) is 0 Å². The van der Waals surface area contributed by atoms with E-state index in [4.69, 9.17) is 0 Å². The Hall–Kier alpha value is -2.29. The Morgan fingerprint density at radius 1 is 0.950 bits per heavy atom. The number of amides is 2. The lowest BCUT2D eigenvalue weighted by Gasteiger charge is -2.23. The molecular weight excluding hydrogens is 248 g/mol. The van der Waals surface area contributed by atoms with Crippen molar-refractivity contribution in [3.63, 3.8) is 0 Å². The van der Waals surface area contributed by atoms with Gasteiger partial charge in [0, 0.05) is 12.2 Å². The smallest absolute Gasteiger partial charge is 0.322 e. The third-order valence-electron chi connectivity index (χ3n) is 3.75. The van der Waals surface area contributed by atoms with Crippen LogP contribution < -0.4 is 10.2 Å². The van der Waals surface area contributed by atoms with E-state index >= 15 is 0 Å². The van der Waals surface area contributed by atoms with Crippen molar-refractivity contribution in [1.29, 1.82) is 0 Å². The maximum atomic E-state index is 12.1. The maximum Gasteiger partial charge on any atom is 0.322 e. The summed E-state index contributed by atoms with van der Waals surface area (Å²) in [5.41, 5.74) is 4.53. The lowest BCUT2D eigenvalue weighted by Crippen LogP contribution is -2.29. The van der Waals surface area contributed by atoms with Crippen LogP contribution in [0.15, 0.2) is 48.5 Å². The molecule has 1 atom stereocenters. The summed E-state index contributed by atoms with van der Waals surface area (Å²) in [5.74, 6) is 0. The Labute approximate surface area is 119 Å². The summed E-state index contributed by atoms with van der Waals surface area (Å²) < 4.78 is 0. The molecule has 0 aromatic heterocycles. The van der Waals surface area contributed by atoms with Crippen LogP contribution in [0.4, 0.5) is 10.5 Å². The minimum atomic E-state index is -0.0283. The third kappa shape index (κ3) is 2.27. The van der Waals surface area contributed by atoms with Crippen molar-refractivity contribution in [2.45, 2.75) is 19.9 Å². The number of anilines is 1. The first-order valence-electron chi connectivity index (χ1n) is 6.85. The monoisotopic (exact) mass is 266 g/mol. The molecule has 1 N–H and O–H groups in total. The molecule has 1 fully saturated rings. The molecule has 1 aliphatic rings. The first-order chi connectivity index (χ1) is 9.65. The number of hydrogen-bond acceptors (Lipinski definition) is 1. The molecule has 3 heteroatoms. The van der Waals surface area contributed by atoms with Crippen LogP contribution in [0.25, 0.3) is 0 Å². The number of benzene rings is 2. The molecule has 0 aliphatic carbocycles. The molecule has 2 aromatic rings. The Morgan fingerprint density at radius 3 is 2.10 bits per heavy atom. The quantitative estimate of drug-likeness (QED) is 0.885. The van der Waals surface area contributed by atoms with Gasteiger partial charge in [-0.2, -0.15) is 0 Å². The van der Waals surface area contributed by atoms with Crippen LogP contribution in [0, 0.1) is 13.8 Å². The van der Waals surface area contributed by atoms with Gasteiger partial charge in [0.15, 0.2) is 0 Å². The molecule has 2 aromatic carbocycles. The average molecular weight is 266 g/mol. The first-order valence-corrected chi connectivity index (χ1v) is 6.85. The van der Waals surface area contributed by atoms with Gasteiger partial charge in [-0.25, -0.2) is 4.79 Å². The summed E-state index contributed by atoms with van der Waals surface area (Å²) in [4.78, 5) is 14.0. The number of urea groups is 1. The predicted octanol–water partition coefficient (Wildman–Crippen LogP) is 3.57. The highest BCUT2D eigenvalue weighted by Gasteiger charge is 2.32. The number of aryl methyl sites for hydroxylation is 2. The van der Waals surface area contributed by atoms with E-state index in [1.807, 2.05) is 36.1 Å². The number of carbonyl (C=O) groups is 1. The second kappa shape index (κ2) is 5.00. The van der Waals surface area contributed by atoms with E-state index < -0.39 is 0 Å². The molecular formula is C17H18N2O. The summed E-state index contributed by atoms with van der Waals surface area (Å²) in [6.45, 7) is 4.76. The van der Waals surface area contributed by atoms with Gasteiger partial charge in [-0.1, -0.05) is 47.5 Å². The topological polar surface area (TPSA) is 32.3 Å². The summed E-state index contributed by atoms with van der Waals surface area (Å²) in [7, 11) is 0. The molecule has 0 saturated carbocycles. The summed E-state index contributed by atoms with van der Waals surface area (Å²) in [6, 6.07) is 16.5. The number of hydrogen-bond donors (Lipinski definition) is 1. The highest BCUT2D eigenvalue weighted by atomic mass is 16.2. The van der Waals surface area contributed by atoms with Gasteiger partial charge in [-0.05, 0) is 31.5 Å². The van der Waals surface area contributed by atoms with Gasteiger partial charge in [0.05, 0.1) is 6.04 Å². The van der Waals surface area contributed by atoms with E-state index in [1.165, 1.54) is 11.1 Å². The number of nitrogens with one attached hydrogen (secondary N) is 1. The van der Waals surface area contributed by atoms with Gasteiger partial charge < -0.3 is 5.32 Å². The van der Waals surface area contributed by atoms with Crippen LogP contribution in [0.2, 0.25) is 0 Å². The standard InChI is InChI=1S/C17H18N2O/c1-12-3-7-14(8-4-12)16-11-18-17(20)19(16)15-9-5-13(2)6-10-15/h3-10,16H,11H2,1-2H3,(H,18,20). The van der Waals surface area contributed by atoms with Crippen LogP contribution in [-0.2, 0) is 0 Å². The maximum absolute atomic E-state index is 12.1. The molecule has 1 heterocycles. The molecule has 20 heavy (non-hydrogen) atoms. The molecule has 1 saturated heterocycles. The molecule has 1 aliphatic heterocycles. The van der Waals surface area contributed by atoms with Crippen molar-refractivity contribution in [3.8, 4) is 0 Å². The van der Waals surface area contributed by atoms with Crippen molar-refractivity contribution < 1.29 is 4.79 Å². The van der Waals surface area contributed by atoms with Gasteiger partial charge in [0.2, 0.25) is 0 Å². The molecule has 0 radical (unpaired) electrons. The Balaban J connectivity index is 1.96. The van der Waals surface area contributed by atoms with Gasteiger partial charge in [0.25, 0.3) is 0 Å². The van der Waals surface area contributed by atoms with E-state index in [2.05, 4.69) is 36.5 Å². The number of nitrogens with zero attached hydrogens (tertiary/aromatic N) is 1. The van der Waals surface area contributed by atoms with Gasteiger partial charge >= 0.3 is 6.03 Å². The van der Waals surface area contributed by atoms with Crippen LogP contribution in [0.1, 0.15) is 22.7 Å². The molecule has 102 valence electrons. The van der Waals surface area contributed by atoms with Gasteiger partial charge in [-0.3, -0.25) is 4.90 Å². The fourth-order valence-corrected chi connectivity index (χ4v) is 2.56. The fraction of sp³-hybridized carbons (Fsp3) is 0.235. The van der Waals surface area contributed by atoms with E-state index in [1.54, 1.807) is 0 Å². The SMILES string of the molecule is Cc1ccc(C2CNC(=O)N2c2ccc(C)cc2)cc1. The van der Waals surface area contributed by atoms with E-state index in [0.717, 1.165) is 11.3 Å². The lowest BCUT2D eigenvalue weighted by atomic mass is 10.0. The normalized spacial score (nSPS) is 18.2. The Morgan fingerprint density at radius 2 is 1.50 bits per heavy atom. The van der Waals surface area contributed by atoms with Crippen LogP contribution in [0.5, 0.6) is 0 Å². The van der Waals surface area contributed by atoms with Crippen LogP contribution in [0.3, 0.4) is 0 Å². The Bertz CT molecular complexity index is 616. The second-order valence-electron chi connectivity index (χ2n) is 5.32. The van der Waals surface area contributed by atoms with Crippen molar-refractivity contribution in [2.75, 3.05) is 11.4 Å². The second-order valence-corrected chi connectivity index (χ2v) is 5.32. The van der Waals surface area contributed by atoms with Crippen molar-refractivity contribution in [3.05, 3.63) is 65.2 Å². The number of rotatable bonds is 2. The first kappa shape index (κ1) is 12.7. The van der Waals surface area contributed by atoms with E-state index in [0.29, 0.717) is 6.54 Å². The molecule has 0 spiro atoms. The van der Waals surface area contributed by atoms with Crippen molar-refractivity contribution in [1.82, 2.24) is 5.32 Å². The van der Waals surface area contributed by atoms with Crippen molar-refractivity contribution in [2.24, 2.45) is 0 Å². The Kier molecular flexibility index (Phi) is 3.18. The van der Waals surface area contributed by atoms with E-state index in [-0.39, 0.29) is 12.1 Å². The molecule has 3 nitrogen and oxygen atoms in total. The average Bonchev–Trinajstić information content (AvgIpc) is 2.83. The lowest BCUT2D eigenvalue weighted by molar-refractivity contribution is 0.251. The minimum absolute atomic E-state index is 0.0283. The highest BCUT2D eigenvalue weighted by molar-refractivity contribution is 5.95. The summed E-state index contributed by atoms with van der Waals surface area (Å²) in [5, 5.41) is 2.93. The summed E-state index contributed by atoms with van der Waals surface area (Å²) >= 11 is 0. The van der Waals surface area contributed by atoms with Gasteiger partial charge in [-0.15, -0.1) is 0 Å². The predicted molar refractivity (Wildman–Crippen MR) is 81.0 cm³/mol. The minimum Gasteiger partial charge on any atom is -0.335 e. The zero-order valence-corrected chi connectivity index (χ0v) is 11.8. The molecule has 2 amide bonds. The van der Waals surface area contributed by atoms with Crippen LogP contribution >= 0.6 is 0 Å². The highest BCUT2D eigenvalue weighted by Crippen LogP contribution is 2.30. The molecule has 1 unspecified atom stereocenters. The van der Waals surface area contributed by atoms with E-state index in [9.17, 15) is 4.79 Å². The zero-order valence-electron chi connectivity index (χ0n) is 11.8. The zero-order chi connectivity index (χ0) is 14.1. The third-order valence-corrected chi connectivity index (χ3v) is 3.75.